The number of amides is 1. The number of ether oxygens (including phenoxy) is 1. The molecular weight excluding hydrogens is 298 g/mol. The van der Waals surface area contributed by atoms with E-state index in [1.165, 1.54) is 12.1 Å². The Hall–Kier alpha value is -1.99. The summed E-state index contributed by atoms with van der Waals surface area (Å²) < 4.78 is 5.35. The van der Waals surface area contributed by atoms with Gasteiger partial charge in [0.1, 0.15) is 0 Å². The number of hydrogen-bond acceptors (Lipinski definition) is 5. The second-order valence-electron chi connectivity index (χ2n) is 6.30. The van der Waals surface area contributed by atoms with E-state index in [4.69, 9.17) is 4.74 Å². The van der Waals surface area contributed by atoms with Crippen molar-refractivity contribution in [2.24, 2.45) is 0 Å². The van der Waals surface area contributed by atoms with E-state index >= 15 is 0 Å². The van der Waals surface area contributed by atoms with Crippen LogP contribution in [0.1, 0.15) is 29.8 Å². The van der Waals surface area contributed by atoms with Crippen molar-refractivity contribution >= 4 is 11.6 Å². The van der Waals surface area contributed by atoms with Gasteiger partial charge in [-0.1, -0.05) is 6.07 Å². The summed E-state index contributed by atoms with van der Waals surface area (Å²) in [6, 6.07) is 4.55. The summed E-state index contributed by atoms with van der Waals surface area (Å²) in [5, 5.41) is 13.9. The molecule has 126 valence electrons. The molecular formula is C16H23N3O4. The molecule has 0 aromatic heterocycles. The third kappa shape index (κ3) is 4.05. The number of benzene rings is 1. The van der Waals surface area contributed by atoms with E-state index in [2.05, 4.69) is 24.1 Å². The van der Waals surface area contributed by atoms with Crippen LogP contribution in [0.5, 0.6) is 0 Å². The smallest absolute Gasteiger partial charge is 0.273 e. The van der Waals surface area contributed by atoms with Gasteiger partial charge in [-0.15, -0.1) is 0 Å². The standard InChI is InChI=1S/C16H23N3O4/c1-12-13(5-4-6-14(12)19(21)22)15(20)17-11-16(2,3)18-7-9-23-10-8-18/h4-6H,7-11H2,1-3H3,(H,17,20). The van der Waals surface area contributed by atoms with Gasteiger partial charge in [-0.3, -0.25) is 19.8 Å². The van der Waals surface area contributed by atoms with E-state index in [9.17, 15) is 14.9 Å². The van der Waals surface area contributed by atoms with Crippen molar-refractivity contribution in [1.82, 2.24) is 10.2 Å². The van der Waals surface area contributed by atoms with Gasteiger partial charge in [-0.05, 0) is 26.8 Å². The van der Waals surface area contributed by atoms with Crippen LogP contribution in [0.3, 0.4) is 0 Å². The van der Waals surface area contributed by atoms with Crippen molar-refractivity contribution in [3.05, 3.63) is 39.4 Å². The zero-order chi connectivity index (χ0) is 17.0. The topological polar surface area (TPSA) is 84.7 Å². The van der Waals surface area contributed by atoms with Crippen molar-refractivity contribution in [3.63, 3.8) is 0 Å². The summed E-state index contributed by atoms with van der Waals surface area (Å²) in [6.07, 6.45) is 0. The Morgan fingerprint density at radius 3 is 2.65 bits per heavy atom. The number of nitro groups is 1. The summed E-state index contributed by atoms with van der Waals surface area (Å²) >= 11 is 0. The monoisotopic (exact) mass is 321 g/mol. The Morgan fingerprint density at radius 1 is 1.39 bits per heavy atom. The minimum absolute atomic E-state index is 0.0370. The van der Waals surface area contributed by atoms with E-state index in [1.807, 2.05) is 0 Å². The molecule has 0 atom stereocenters. The van der Waals surface area contributed by atoms with Crippen LogP contribution in [-0.2, 0) is 4.74 Å². The maximum atomic E-state index is 12.4. The Morgan fingerprint density at radius 2 is 2.04 bits per heavy atom. The van der Waals surface area contributed by atoms with Crippen LogP contribution in [0.25, 0.3) is 0 Å². The van der Waals surface area contributed by atoms with Gasteiger partial charge >= 0.3 is 0 Å². The fourth-order valence-electron chi connectivity index (χ4n) is 2.74. The van der Waals surface area contributed by atoms with Crippen LogP contribution in [-0.4, -0.2) is 54.1 Å². The Bertz CT molecular complexity index is 595. The van der Waals surface area contributed by atoms with Gasteiger partial charge in [-0.25, -0.2) is 0 Å². The van der Waals surface area contributed by atoms with Crippen molar-refractivity contribution < 1.29 is 14.5 Å². The lowest BCUT2D eigenvalue weighted by Crippen LogP contribution is -2.55. The third-order valence-corrected chi connectivity index (χ3v) is 4.30. The number of carbonyl (C=O) groups excluding carboxylic acids is 1. The van der Waals surface area contributed by atoms with Crippen LogP contribution in [0, 0.1) is 17.0 Å². The molecule has 1 aliphatic heterocycles. The van der Waals surface area contributed by atoms with Crippen molar-refractivity contribution in [2.75, 3.05) is 32.8 Å². The van der Waals surface area contributed by atoms with Gasteiger partial charge in [-0.2, -0.15) is 0 Å². The predicted molar refractivity (Wildman–Crippen MR) is 86.6 cm³/mol. The highest BCUT2D eigenvalue weighted by atomic mass is 16.6. The Labute approximate surface area is 135 Å². The van der Waals surface area contributed by atoms with E-state index in [1.54, 1.807) is 13.0 Å². The van der Waals surface area contributed by atoms with Crippen LogP contribution in [0.4, 0.5) is 5.69 Å². The average Bonchev–Trinajstić information content (AvgIpc) is 2.53. The third-order valence-electron chi connectivity index (χ3n) is 4.30. The van der Waals surface area contributed by atoms with Gasteiger partial charge in [0.25, 0.3) is 11.6 Å². The first kappa shape index (κ1) is 17.4. The highest BCUT2D eigenvalue weighted by Crippen LogP contribution is 2.21. The number of hydrogen-bond donors (Lipinski definition) is 1. The highest BCUT2D eigenvalue weighted by molar-refractivity contribution is 5.96. The molecule has 0 saturated carbocycles. The molecule has 1 amide bonds. The molecule has 1 aromatic carbocycles. The summed E-state index contributed by atoms with van der Waals surface area (Å²) in [5.41, 5.74) is 0.495. The summed E-state index contributed by atoms with van der Waals surface area (Å²) in [7, 11) is 0. The first-order chi connectivity index (χ1) is 10.8. The van der Waals surface area contributed by atoms with Crippen LogP contribution >= 0.6 is 0 Å². The number of rotatable bonds is 5. The van der Waals surface area contributed by atoms with E-state index in [0.29, 0.717) is 30.9 Å². The number of carbonyl (C=O) groups is 1. The molecule has 1 aromatic rings. The van der Waals surface area contributed by atoms with Gasteiger partial charge < -0.3 is 10.1 Å². The zero-order valence-corrected chi connectivity index (χ0v) is 13.8. The highest BCUT2D eigenvalue weighted by Gasteiger charge is 2.29. The lowest BCUT2D eigenvalue weighted by Gasteiger charge is -2.40. The SMILES string of the molecule is Cc1c(C(=O)NCC(C)(C)N2CCOCC2)cccc1[N+](=O)[O-]. The second kappa shape index (κ2) is 7.06. The molecule has 1 saturated heterocycles. The van der Waals surface area contributed by atoms with Gasteiger partial charge in [0.2, 0.25) is 0 Å². The first-order valence-electron chi connectivity index (χ1n) is 7.68. The molecule has 0 bridgehead atoms. The maximum absolute atomic E-state index is 12.4. The lowest BCUT2D eigenvalue weighted by atomic mass is 10.0. The van der Waals surface area contributed by atoms with Crippen molar-refractivity contribution in [3.8, 4) is 0 Å². The Balaban J connectivity index is 2.04. The van der Waals surface area contributed by atoms with Crippen LogP contribution in [0.15, 0.2) is 18.2 Å². The van der Waals surface area contributed by atoms with Gasteiger partial charge in [0.05, 0.1) is 18.1 Å². The molecule has 0 aliphatic carbocycles. The quantitative estimate of drug-likeness (QED) is 0.659. The Kier molecular flexibility index (Phi) is 5.33. The maximum Gasteiger partial charge on any atom is 0.273 e. The molecule has 23 heavy (non-hydrogen) atoms. The summed E-state index contributed by atoms with van der Waals surface area (Å²) in [5.74, 6) is -0.285. The number of morpholine rings is 1. The molecule has 7 heteroatoms. The van der Waals surface area contributed by atoms with Gasteiger partial charge in [0.15, 0.2) is 0 Å². The van der Waals surface area contributed by atoms with Crippen LogP contribution < -0.4 is 5.32 Å². The van der Waals surface area contributed by atoms with E-state index < -0.39 is 4.92 Å². The molecule has 1 N–H and O–H groups in total. The molecule has 1 fully saturated rings. The van der Waals surface area contributed by atoms with Crippen molar-refractivity contribution in [1.29, 1.82) is 0 Å². The minimum Gasteiger partial charge on any atom is -0.379 e. The second-order valence-corrected chi connectivity index (χ2v) is 6.30. The number of nitrogens with zero attached hydrogens (tertiary/aromatic N) is 2. The average molecular weight is 321 g/mol. The summed E-state index contributed by atoms with van der Waals surface area (Å²) in [4.78, 5) is 25.2. The molecule has 0 radical (unpaired) electrons. The molecule has 0 unspecified atom stereocenters. The predicted octanol–water partition coefficient (Wildman–Crippen LogP) is 1.74. The van der Waals surface area contributed by atoms with E-state index in [-0.39, 0.29) is 17.1 Å². The number of nitro benzene ring substituents is 1. The molecule has 1 aliphatic rings. The zero-order valence-electron chi connectivity index (χ0n) is 13.8. The molecule has 2 rings (SSSR count). The fraction of sp³-hybridized carbons (Fsp3) is 0.562. The number of nitrogens with one attached hydrogen (secondary N) is 1. The lowest BCUT2D eigenvalue weighted by molar-refractivity contribution is -0.385. The largest absolute Gasteiger partial charge is 0.379 e. The van der Waals surface area contributed by atoms with Crippen LogP contribution in [0.2, 0.25) is 0 Å². The summed E-state index contributed by atoms with van der Waals surface area (Å²) in [6.45, 7) is 9.26. The minimum atomic E-state index is -0.468. The van der Waals surface area contributed by atoms with Gasteiger partial charge in [0, 0.05) is 42.4 Å². The normalized spacial score (nSPS) is 16.1. The van der Waals surface area contributed by atoms with E-state index in [0.717, 1.165) is 13.1 Å². The molecule has 0 spiro atoms. The molecule has 7 nitrogen and oxygen atoms in total. The molecule has 1 heterocycles. The fourth-order valence-corrected chi connectivity index (χ4v) is 2.74. The first-order valence-corrected chi connectivity index (χ1v) is 7.68. The van der Waals surface area contributed by atoms with Crippen molar-refractivity contribution in [2.45, 2.75) is 26.3 Å².